The third-order valence-electron chi connectivity index (χ3n) is 2.38. The van der Waals surface area contributed by atoms with Crippen LogP contribution in [-0.4, -0.2) is 15.8 Å². The van der Waals surface area contributed by atoms with E-state index in [4.69, 9.17) is 4.42 Å². The van der Waals surface area contributed by atoms with Crippen molar-refractivity contribution < 1.29 is 4.42 Å². The van der Waals surface area contributed by atoms with E-state index in [1.165, 1.54) is 11.7 Å². The van der Waals surface area contributed by atoms with Crippen molar-refractivity contribution in [2.45, 2.75) is 0 Å². The number of anilines is 1. The summed E-state index contributed by atoms with van der Waals surface area (Å²) >= 11 is 1.17. The van der Waals surface area contributed by atoms with Crippen LogP contribution in [0.5, 0.6) is 0 Å². The number of para-hydroxylation sites is 1. The van der Waals surface area contributed by atoms with E-state index in [-0.39, 0.29) is 0 Å². The molecule has 0 bridgehead atoms. The van der Waals surface area contributed by atoms with Gasteiger partial charge in [0.15, 0.2) is 17.3 Å². The fourth-order valence-electron chi connectivity index (χ4n) is 1.61. The Bertz CT molecular complexity index is 596. The first-order valence-corrected chi connectivity index (χ1v) is 5.61. The molecule has 0 radical (unpaired) electrons. The molecule has 0 aliphatic rings. The number of hydrogen-bond donors (Lipinski definition) is 1. The van der Waals surface area contributed by atoms with Crippen molar-refractivity contribution in [3.05, 3.63) is 30.3 Å². The number of furan rings is 1. The van der Waals surface area contributed by atoms with E-state index in [1.54, 1.807) is 0 Å². The van der Waals surface area contributed by atoms with Gasteiger partial charge in [0.25, 0.3) is 0 Å². The molecule has 3 rings (SSSR count). The standard InChI is InChI=1S/C11H9N3OS/c1-12-11-10(13-16-14-11)9-6-7-4-2-3-5-8(7)15-9/h2-6H,1H3,(H,12,14). The number of nitrogens with zero attached hydrogens (tertiary/aromatic N) is 2. The zero-order valence-electron chi connectivity index (χ0n) is 8.60. The van der Waals surface area contributed by atoms with Crippen LogP contribution in [0, 0.1) is 0 Å². The summed E-state index contributed by atoms with van der Waals surface area (Å²) in [4.78, 5) is 0. The molecule has 0 aliphatic carbocycles. The van der Waals surface area contributed by atoms with Gasteiger partial charge in [-0.05, 0) is 12.1 Å². The first-order valence-electron chi connectivity index (χ1n) is 4.88. The predicted octanol–water partition coefficient (Wildman–Crippen LogP) is 2.99. The van der Waals surface area contributed by atoms with E-state index in [2.05, 4.69) is 14.1 Å². The summed E-state index contributed by atoms with van der Waals surface area (Å²) in [7, 11) is 1.82. The summed E-state index contributed by atoms with van der Waals surface area (Å²) in [5.41, 5.74) is 1.64. The van der Waals surface area contributed by atoms with Crippen molar-refractivity contribution in [1.29, 1.82) is 0 Å². The largest absolute Gasteiger partial charge is 0.454 e. The summed E-state index contributed by atoms with van der Waals surface area (Å²) in [5.74, 6) is 1.50. The van der Waals surface area contributed by atoms with Crippen LogP contribution >= 0.6 is 11.7 Å². The normalized spacial score (nSPS) is 10.8. The lowest BCUT2D eigenvalue weighted by Gasteiger charge is -1.94. The lowest BCUT2D eigenvalue weighted by molar-refractivity contribution is 0.630. The molecule has 0 atom stereocenters. The number of fused-ring (bicyclic) bond motifs is 1. The molecular weight excluding hydrogens is 222 g/mol. The zero-order chi connectivity index (χ0) is 11.0. The van der Waals surface area contributed by atoms with Crippen LogP contribution in [0.2, 0.25) is 0 Å². The van der Waals surface area contributed by atoms with Crippen LogP contribution in [0.3, 0.4) is 0 Å². The molecule has 0 amide bonds. The highest BCUT2D eigenvalue weighted by atomic mass is 32.1. The summed E-state index contributed by atoms with van der Waals surface area (Å²) in [6.07, 6.45) is 0. The summed E-state index contributed by atoms with van der Waals surface area (Å²) in [6.45, 7) is 0. The van der Waals surface area contributed by atoms with E-state index in [0.29, 0.717) is 0 Å². The van der Waals surface area contributed by atoms with Gasteiger partial charge in [-0.2, -0.15) is 8.75 Å². The van der Waals surface area contributed by atoms with Gasteiger partial charge in [-0.15, -0.1) is 0 Å². The van der Waals surface area contributed by atoms with Gasteiger partial charge in [-0.1, -0.05) is 18.2 Å². The van der Waals surface area contributed by atoms with Crippen molar-refractivity contribution in [2.75, 3.05) is 12.4 Å². The maximum atomic E-state index is 5.72. The van der Waals surface area contributed by atoms with Gasteiger partial charge in [0.1, 0.15) is 5.58 Å². The van der Waals surface area contributed by atoms with Crippen molar-refractivity contribution in [1.82, 2.24) is 8.75 Å². The molecule has 0 saturated heterocycles. The number of hydrogen-bond acceptors (Lipinski definition) is 5. The van der Waals surface area contributed by atoms with Gasteiger partial charge in [-0.3, -0.25) is 0 Å². The fourth-order valence-corrected chi connectivity index (χ4v) is 2.17. The van der Waals surface area contributed by atoms with E-state index in [0.717, 1.165) is 28.2 Å². The summed E-state index contributed by atoms with van der Waals surface area (Å²) in [5, 5.41) is 4.07. The van der Waals surface area contributed by atoms with Crippen LogP contribution in [-0.2, 0) is 0 Å². The third kappa shape index (κ3) is 1.37. The van der Waals surface area contributed by atoms with Gasteiger partial charge in [0, 0.05) is 12.4 Å². The smallest absolute Gasteiger partial charge is 0.171 e. The minimum absolute atomic E-state index is 0.749. The third-order valence-corrected chi connectivity index (χ3v) is 2.91. The Morgan fingerprint density at radius 1 is 1.25 bits per heavy atom. The van der Waals surface area contributed by atoms with E-state index in [9.17, 15) is 0 Å². The Morgan fingerprint density at radius 2 is 2.12 bits per heavy atom. The second kappa shape index (κ2) is 3.61. The Morgan fingerprint density at radius 3 is 2.94 bits per heavy atom. The van der Waals surface area contributed by atoms with Crippen LogP contribution < -0.4 is 5.32 Å². The molecule has 1 N–H and O–H groups in total. The Kier molecular flexibility index (Phi) is 2.11. The monoisotopic (exact) mass is 231 g/mol. The fraction of sp³-hybridized carbons (Fsp3) is 0.0909. The molecule has 80 valence electrons. The van der Waals surface area contributed by atoms with E-state index in [1.807, 2.05) is 37.4 Å². The molecule has 2 aromatic heterocycles. The molecule has 0 spiro atoms. The Hall–Kier alpha value is -1.88. The molecule has 3 aromatic rings. The van der Waals surface area contributed by atoms with Crippen LogP contribution in [0.1, 0.15) is 0 Å². The van der Waals surface area contributed by atoms with Gasteiger partial charge >= 0.3 is 0 Å². The van der Waals surface area contributed by atoms with Crippen molar-refractivity contribution in [2.24, 2.45) is 0 Å². The molecule has 0 unspecified atom stereocenters. The van der Waals surface area contributed by atoms with Crippen molar-refractivity contribution in [3.63, 3.8) is 0 Å². The van der Waals surface area contributed by atoms with Gasteiger partial charge < -0.3 is 9.73 Å². The topological polar surface area (TPSA) is 51.0 Å². The quantitative estimate of drug-likeness (QED) is 0.736. The number of benzene rings is 1. The highest BCUT2D eigenvalue weighted by Gasteiger charge is 2.13. The lowest BCUT2D eigenvalue weighted by atomic mass is 10.2. The first-order chi connectivity index (χ1) is 7.88. The second-order valence-corrected chi connectivity index (χ2v) is 3.89. The second-order valence-electron chi connectivity index (χ2n) is 3.36. The minimum atomic E-state index is 0.749. The minimum Gasteiger partial charge on any atom is -0.454 e. The average Bonchev–Trinajstić information content (AvgIpc) is 2.94. The Balaban J connectivity index is 2.19. The van der Waals surface area contributed by atoms with Crippen LogP contribution in [0.15, 0.2) is 34.7 Å². The maximum Gasteiger partial charge on any atom is 0.171 e. The van der Waals surface area contributed by atoms with Crippen molar-refractivity contribution in [3.8, 4) is 11.5 Å². The number of aromatic nitrogens is 2. The van der Waals surface area contributed by atoms with Crippen LogP contribution in [0.25, 0.3) is 22.4 Å². The molecule has 0 aliphatic heterocycles. The maximum absolute atomic E-state index is 5.72. The lowest BCUT2D eigenvalue weighted by Crippen LogP contribution is -1.89. The van der Waals surface area contributed by atoms with Crippen LogP contribution in [0.4, 0.5) is 5.82 Å². The van der Waals surface area contributed by atoms with Gasteiger partial charge in [0.2, 0.25) is 0 Å². The van der Waals surface area contributed by atoms with Gasteiger partial charge in [-0.25, -0.2) is 0 Å². The predicted molar refractivity (Wildman–Crippen MR) is 64.7 cm³/mol. The number of rotatable bonds is 2. The SMILES string of the molecule is CNc1nsnc1-c1cc2ccccc2o1. The summed E-state index contributed by atoms with van der Waals surface area (Å²) < 4.78 is 14.1. The molecule has 5 heteroatoms. The molecule has 0 fully saturated rings. The molecule has 16 heavy (non-hydrogen) atoms. The number of nitrogens with one attached hydrogen (secondary N) is 1. The highest BCUT2D eigenvalue weighted by Crippen LogP contribution is 2.30. The molecule has 2 heterocycles. The average molecular weight is 231 g/mol. The highest BCUT2D eigenvalue weighted by molar-refractivity contribution is 6.99. The van der Waals surface area contributed by atoms with Gasteiger partial charge in [0.05, 0.1) is 11.7 Å². The molecule has 0 saturated carbocycles. The first kappa shape index (κ1) is 9.35. The van der Waals surface area contributed by atoms with E-state index >= 15 is 0 Å². The molecular formula is C11H9N3OS. The zero-order valence-corrected chi connectivity index (χ0v) is 9.41. The summed E-state index contributed by atoms with van der Waals surface area (Å²) in [6, 6.07) is 9.87. The molecule has 4 nitrogen and oxygen atoms in total. The Labute approximate surface area is 96.2 Å². The molecule has 1 aromatic carbocycles. The van der Waals surface area contributed by atoms with E-state index < -0.39 is 0 Å². The van der Waals surface area contributed by atoms with Crippen molar-refractivity contribution >= 4 is 28.5 Å².